The number of carboxylic acid groups (broad SMARTS) is 1. The molecule has 0 fully saturated rings. The summed E-state index contributed by atoms with van der Waals surface area (Å²) in [4.78, 5) is 39.7. The van der Waals surface area contributed by atoms with Crippen LogP contribution in [0.2, 0.25) is 0 Å². The van der Waals surface area contributed by atoms with Gasteiger partial charge in [0.1, 0.15) is 5.56 Å². The molecule has 2 aromatic rings. The lowest BCUT2D eigenvalue weighted by molar-refractivity contribution is -0.120. The summed E-state index contributed by atoms with van der Waals surface area (Å²) in [6, 6.07) is 10.0. The molecule has 25 heavy (non-hydrogen) atoms. The van der Waals surface area contributed by atoms with E-state index >= 15 is 0 Å². The normalized spacial score (nSPS) is 11.6. The Hall–Kier alpha value is -3.09. The molecule has 132 valence electrons. The van der Waals surface area contributed by atoms with Crippen LogP contribution in [0.25, 0.3) is 0 Å². The third kappa shape index (κ3) is 4.69. The SMILES string of the molecule is CCC(C)c1ccc(NC(=O)COn2cccc(C(=O)O)c2=O)cc1. The summed E-state index contributed by atoms with van der Waals surface area (Å²) in [5.41, 5.74) is 0.547. The van der Waals surface area contributed by atoms with Gasteiger partial charge in [-0.1, -0.05) is 26.0 Å². The van der Waals surface area contributed by atoms with E-state index in [4.69, 9.17) is 9.94 Å². The van der Waals surface area contributed by atoms with Gasteiger partial charge >= 0.3 is 5.97 Å². The molecule has 1 atom stereocenters. The number of carbonyl (C=O) groups is 2. The average molecular weight is 344 g/mol. The maximum atomic E-state index is 11.9. The zero-order valence-electron chi connectivity index (χ0n) is 14.1. The van der Waals surface area contributed by atoms with E-state index in [9.17, 15) is 14.4 Å². The molecule has 0 radical (unpaired) electrons. The molecule has 2 rings (SSSR count). The monoisotopic (exact) mass is 344 g/mol. The van der Waals surface area contributed by atoms with Crippen molar-refractivity contribution in [1.82, 2.24) is 4.73 Å². The van der Waals surface area contributed by atoms with Crippen LogP contribution >= 0.6 is 0 Å². The Balaban J connectivity index is 1.96. The molecule has 1 unspecified atom stereocenters. The van der Waals surface area contributed by atoms with Crippen molar-refractivity contribution in [2.75, 3.05) is 11.9 Å². The number of amides is 1. The highest BCUT2D eigenvalue weighted by molar-refractivity contribution is 5.91. The lowest BCUT2D eigenvalue weighted by Gasteiger charge is -2.11. The highest BCUT2D eigenvalue weighted by Gasteiger charge is 2.12. The van der Waals surface area contributed by atoms with Gasteiger partial charge in [0.25, 0.3) is 11.5 Å². The number of anilines is 1. The van der Waals surface area contributed by atoms with Gasteiger partial charge in [-0.2, -0.15) is 4.73 Å². The number of hydrogen-bond donors (Lipinski definition) is 2. The summed E-state index contributed by atoms with van der Waals surface area (Å²) in [7, 11) is 0. The van der Waals surface area contributed by atoms with Gasteiger partial charge in [0.15, 0.2) is 6.61 Å². The fourth-order valence-corrected chi connectivity index (χ4v) is 2.20. The molecule has 0 spiro atoms. The van der Waals surface area contributed by atoms with Crippen molar-refractivity contribution >= 4 is 17.6 Å². The van der Waals surface area contributed by atoms with Gasteiger partial charge in [-0.25, -0.2) is 4.79 Å². The van der Waals surface area contributed by atoms with Crippen LogP contribution < -0.4 is 15.7 Å². The summed E-state index contributed by atoms with van der Waals surface area (Å²) in [6.07, 6.45) is 2.28. The second-order valence-corrected chi connectivity index (χ2v) is 5.61. The van der Waals surface area contributed by atoms with E-state index in [0.29, 0.717) is 11.6 Å². The van der Waals surface area contributed by atoms with Crippen LogP contribution in [0.5, 0.6) is 0 Å². The number of carboxylic acids is 1. The lowest BCUT2D eigenvalue weighted by atomic mass is 9.99. The summed E-state index contributed by atoms with van der Waals surface area (Å²) in [5.74, 6) is -1.36. The van der Waals surface area contributed by atoms with Gasteiger partial charge in [0, 0.05) is 11.9 Å². The first-order valence-electron chi connectivity index (χ1n) is 7.90. The Morgan fingerprint density at radius 1 is 1.24 bits per heavy atom. The Labute approximate surface area is 144 Å². The van der Waals surface area contributed by atoms with Crippen molar-refractivity contribution in [1.29, 1.82) is 0 Å². The first-order valence-corrected chi connectivity index (χ1v) is 7.90. The predicted octanol–water partition coefficient (Wildman–Crippen LogP) is 2.13. The van der Waals surface area contributed by atoms with Crippen LogP contribution in [0.4, 0.5) is 5.69 Å². The average Bonchev–Trinajstić information content (AvgIpc) is 2.60. The van der Waals surface area contributed by atoms with Gasteiger partial charge < -0.3 is 15.3 Å². The number of pyridine rings is 1. The van der Waals surface area contributed by atoms with Crippen LogP contribution in [-0.2, 0) is 4.79 Å². The number of nitrogens with zero attached hydrogens (tertiary/aromatic N) is 1. The molecule has 0 saturated heterocycles. The molecule has 1 amide bonds. The van der Waals surface area contributed by atoms with Crippen LogP contribution in [0.1, 0.15) is 42.1 Å². The van der Waals surface area contributed by atoms with Crippen LogP contribution in [0, 0.1) is 0 Å². The number of benzene rings is 1. The number of aromatic carboxylic acids is 1. The maximum Gasteiger partial charge on any atom is 0.341 e. The molecule has 0 aliphatic carbocycles. The highest BCUT2D eigenvalue weighted by Crippen LogP contribution is 2.20. The Morgan fingerprint density at radius 3 is 2.52 bits per heavy atom. The molecular weight excluding hydrogens is 324 g/mol. The Morgan fingerprint density at radius 2 is 1.92 bits per heavy atom. The Bertz CT molecular complexity index is 811. The van der Waals surface area contributed by atoms with Crippen molar-refractivity contribution in [2.45, 2.75) is 26.2 Å². The van der Waals surface area contributed by atoms with E-state index in [-0.39, 0.29) is 0 Å². The number of aromatic nitrogens is 1. The quantitative estimate of drug-likeness (QED) is 0.802. The third-order valence-corrected chi connectivity index (χ3v) is 3.86. The first kappa shape index (κ1) is 18.3. The fraction of sp³-hybridized carbons (Fsp3) is 0.278. The largest absolute Gasteiger partial charge is 0.477 e. The molecule has 0 aliphatic heterocycles. The van der Waals surface area contributed by atoms with E-state index in [1.54, 1.807) is 12.1 Å². The van der Waals surface area contributed by atoms with Gasteiger partial charge in [0.2, 0.25) is 0 Å². The van der Waals surface area contributed by atoms with Gasteiger partial charge in [-0.15, -0.1) is 0 Å². The predicted molar refractivity (Wildman–Crippen MR) is 92.9 cm³/mol. The molecule has 7 heteroatoms. The molecule has 0 saturated carbocycles. The number of nitrogens with one attached hydrogen (secondary N) is 1. The van der Waals surface area contributed by atoms with Gasteiger partial charge in [-0.05, 0) is 42.2 Å². The van der Waals surface area contributed by atoms with Crippen molar-refractivity contribution in [3.63, 3.8) is 0 Å². The van der Waals surface area contributed by atoms with Gasteiger partial charge in [-0.3, -0.25) is 9.59 Å². The molecule has 0 aliphatic rings. The van der Waals surface area contributed by atoms with E-state index in [1.807, 2.05) is 12.1 Å². The van der Waals surface area contributed by atoms with Crippen LogP contribution in [0.15, 0.2) is 47.4 Å². The molecule has 1 heterocycles. The second kappa shape index (κ2) is 8.14. The summed E-state index contributed by atoms with van der Waals surface area (Å²) in [5, 5.41) is 11.6. The summed E-state index contributed by atoms with van der Waals surface area (Å²) in [6.45, 7) is 3.82. The minimum atomic E-state index is -1.35. The minimum absolute atomic E-state index is 0.421. The van der Waals surface area contributed by atoms with Crippen molar-refractivity contribution in [3.05, 3.63) is 64.1 Å². The summed E-state index contributed by atoms with van der Waals surface area (Å²) >= 11 is 0. The van der Waals surface area contributed by atoms with Gasteiger partial charge in [0.05, 0.1) is 0 Å². The lowest BCUT2D eigenvalue weighted by Crippen LogP contribution is -2.34. The highest BCUT2D eigenvalue weighted by atomic mass is 16.7. The topological polar surface area (TPSA) is 97.6 Å². The second-order valence-electron chi connectivity index (χ2n) is 5.61. The number of carbonyl (C=O) groups excluding carboxylic acids is 1. The zero-order chi connectivity index (χ0) is 18.4. The summed E-state index contributed by atoms with van der Waals surface area (Å²) < 4.78 is 0.731. The van der Waals surface area contributed by atoms with Crippen molar-refractivity contribution in [2.24, 2.45) is 0 Å². The number of hydrogen-bond acceptors (Lipinski definition) is 4. The third-order valence-electron chi connectivity index (χ3n) is 3.86. The smallest absolute Gasteiger partial charge is 0.341 e. The fourth-order valence-electron chi connectivity index (χ4n) is 2.20. The molecule has 7 nitrogen and oxygen atoms in total. The first-order chi connectivity index (χ1) is 11.9. The minimum Gasteiger partial charge on any atom is -0.477 e. The van der Waals surface area contributed by atoms with E-state index in [0.717, 1.165) is 11.2 Å². The van der Waals surface area contributed by atoms with E-state index < -0.39 is 29.6 Å². The molecule has 2 N–H and O–H groups in total. The number of rotatable bonds is 7. The van der Waals surface area contributed by atoms with E-state index in [2.05, 4.69) is 19.2 Å². The van der Waals surface area contributed by atoms with Crippen LogP contribution in [-0.4, -0.2) is 28.3 Å². The molecular formula is C18H20N2O5. The van der Waals surface area contributed by atoms with Crippen LogP contribution in [0.3, 0.4) is 0 Å². The van der Waals surface area contributed by atoms with Crippen molar-refractivity contribution in [3.8, 4) is 0 Å². The molecule has 0 bridgehead atoms. The zero-order valence-corrected chi connectivity index (χ0v) is 14.1. The standard InChI is InChI=1S/C18H20N2O5/c1-3-12(2)13-6-8-14(9-7-13)19-16(21)11-25-20-10-4-5-15(17(20)22)18(23)24/h4-10,12H,3,11H2,1-2H3,(H,19,21)(H,23,24). The Kier molecular flexibility index (Phi) is 5.94. The van der Waals surface area contributed by atoms with Crippen molar-refractivity contribution < 1.29 is 19.5 Å². The maximum absolute atomic E-state index is 11.9. The molecule has 1 aromatic carbocycles. The molecule has 1 aromatic heterocycles. The van der Waals surface area contributed by atoms with E-state index in [1.165, 1.54) is 23.9 Å².